The Hall–Kier alpha value is -5.57. The highest BCUT2D eigenvalue weighted by atomic mass is 16.6. The minimum Gasteiger partial charge on any atom is -0.465 e. The molecule has 0 aliphatic heterocycles. The largest absolute Gasteiger partial charge is 0.465 e. The van der Waals surface area contributed by atoms with E-state index in [2.05, 4.69) is 30.0 Å². The monoisotopic (exact) mass is 515 g/mol. The van der Waals surface area contributed by atoms with Crippen LogP contribution in [0.1, 0.15) is 31.8 Å². The summed E-state index contributed by atoms with van der Waals surface area (Å²) < 4.78 is 9.87. The molecular weight excluding hydrogens is 498 g/mol. The van der Waals surface area contributed by atoms with Gasteiger partial charge < -0.3 is 9.47 Å². The molecular formula is C20H17N7O10. The third-order valence-electron chi connectivity index (χ3n) is 4.83. The van der Waals surface area contributed by atoms with Crippen molar-refractivity contribution in [2.45, 2.75) is 13.8 Å². The van der Waals surface area contributed by atoms with E-state index in [0.29, 0.717) is 11.1 Å². The number of nitro benzene ring substituents is 2. The molecule has 1 aromatic heterocycles. The molecule has 3 aromatic rings. The van der Waals surface area contributed by atoms with Crippen LogP contribution in [0.5, 0.6) is 0 Å². The number of ether oxygens (including phenoxy) is 2. The number of aromatic amines is 1. The lowest BCUT2D eigenvalue weighted by atomic mass is 10.1. The van der Waals surface area contributed by atoms with Crippen molar-refractivity contribution in [2.24, 2.45) is 4.99 Å². The lowest BCUT2D eigenvalue weighted by Gasteiger charge is -2.08. The molecule has 0 atom stereocenters. The van der Waals surface area contributed by atoms with Crippen LogP contribution in [0.25, 0.3) is 5.69 Å². The number of aliphatic imine (C=N–C) groups is 1. The highest BCUT2D eigenvalue weighted by molar-refractivity contribution is 5.94. The van der Waals surface area contributed by atoms with Gasteiger partial charge in [-0.05, 0) is 35.4 Å². The van der Waals surface area contributed by atoms with Crippen LogP contribution >= 0.6 is 0 Å². The lowest BCUT2D eigenvalue weighted by molar-refractivity contribution is -0.385. The average molecular weight is 515 g/mol. The number of carbonyl (C=O) groups is 2. The van der Waals surface area contributed by atoms with E-state index < -0.39 is 27.5 Å². The molecule has 17 heteroatoms. The molecule has 0 spiro atoms. The Labute approximate surface area is 205 Å². The summed E-state index contributed by atoms with van der Waals surface area (Å²) in [4.78, 5) is 68.2. The van der Waals surface area contributed by atoms with Crippen LogP contribution in [0.2, 0.25) is 0 Å². The number of nitrogens with zero attached hydrogens (tertiary/aromatic N) is 6. The summed E-state index contributed by atoms with van der Waals surface area (Å²) in [6.07, 6.45) is 1.28. The highest BCUT2D eigenvalue weighted by Gasteiger charge is 2.22. The van der Waals surface area contributed by atoms with Crippen molar-refractivity contribution in [3.63, 3.8) is 0 Å². The van der Waals surface area contributed by atoms with Crippen molar-refractivity contribution >= 4 is 35.1 Å². The van der Waals surface area contributed by atoms with Crippen molar-refractivity contribution in [3.05, 3.63) is 77.2 Å². The minimum absolute atomic E-state index is 0.00398. The van der Waals surface area contributed by atoms with E-state index in [9.17, 15) is 39.4 Å². The summed E-state index contributed by atoms with van der Waals surface area (Å²) in [5.41, 5.74) is -0.658. The third kappa shape index (κ3) is 6.11. The van der Waals surface area contributed by atoms with Crippen LogP contribution in [-0.2, 0) is 14.3 Å². The summed E-state index contributed by atoms with van der Waals surface area (Å²) in [6.45, 7) is 3.03. The zero-order chi connectivity index (χ0) is 27.9. The predicted octanol–water partition coefficient (Wildman–Crippen LogP) is 1.62. The normalized spacial score (nSPS) is 9.84. The van der Waals surface area contributed by atoms with Gasteiger partial charge in [-0.15, -0.1) is 0 Å². The number of esters is 2. The number of hydrogen-bond acceptors (Lipinski definition) is 13. The van der Waals surface area contributed by atoms with Crippen molar-refractivity contribution in [1.82, 2.24) is 20.2 Å². The lowest BCUT2D eigenvalue weighted by Crippen LogP contribution is -2.19. The first-order chi connectivity index (χ1) is 17.5. The van der Waals surface area contributed by atoms with Crippen LogP contribution in [0.4, 0.5) is 17.1 Å². The standard InChI is InChI=1S/C10H9N5O5.C10H8N2O5/c1-5-7(9(16)20-2)3-6(15(18)19)4-8(5)14-10(17)11-12-13-14;1-6-8(10(14)17-2)3-7(12(15)16)4-9(6)11-5-13/h3-4H,1-2H3,(H,11,13,17);3-4H,1-2H3. The van der Waals surface area contributed by atoms with Gasteiger partial charge in [-0.25, -0.2) is 24.3 Å². The fraction of sp³-hybridized carbons (Fsp3) is 0.200. The highest BCUT2D eigenvalue weighted by Crippen LogP contribution is 2.28. The maximum Gasteiger partial charge on any atom is 0.365 e. The molecule has 0 saturated heterocycles. The molecule has 0 saturated carbocycles. The Morgan fingerprint density at radius 3 is 1.92 bits per heavy atom. The number of carbonyl (C=O) groups excluding carboxylic acids is 3. The molecule has 37 heavy (non-hydrogen) atoms. The number of nitro groups is 2. The molecule has 0 bridgehead atoms. The number of hydrogen-bond donors (Lipinski definition) is 1. The number of aromatic nitrogens is 4. The van der Waals surface area contributed by atoms with Gasteiger partial charge in [-0.3, -0.25) is 20.2 Å². The first kappa shape index (κ1) is 27.7. The van der Waals surface area contributed by atoms with E-state index in [0.717, 1.165) is 43.2 Å². The summed E-state index contributed by atoms with van der Waals surface area (Å²) in [5.74, 6) is -1.47. The molecule has 0 aliphatic rings. The van der Waals surface area contributed by atoms with Gasteiger partial charge in [0.15, 0.2) is 0 Å². The third-order valence-corrected chi connectivity index (χ3v) is 4.83. The van der Waals surface area contributed by atoms with Gasteiger partial charge in [0, 0.05) is 24.3 Å². The van der Waals surface area contributed by atoms with Gasteiger partial charge in [-0.2, -0.15) is 9.67 Å². The Morgan fingerprint density at radius 2 is 1.49 bits per heavy atom. The molecule has 0 fully saturated rings. The van der Waals surface area contributed by atoms with E-state index in [-0.39, 0.29) is 33.9 Å². The van der Waals surface area contributed by atoms with Crippen molar-refractivity contribution in [3.8, 4) is 5.69 Å². The Bertz CT molecular complexity index is 1500. The van der Waals surface area contributed by atoms with Crippen LogP contribution in [0, 0.1) is 34.1 Å². The topological polar surface area (TPSA) is 232 Å². The van der Waals surface area contributed by atoms with E-state index in [1.54, 1.807) is 0 Å². The second-order valence-corrected chi connectivity index (χ2v) is 6.89. The minimum atomic E-state index is -0.746. The van der Waals surface area contributed by atoms with Gasteiger partial charge >= 0.3 is 17.6 Å². The van der Waals surface area contributed by atoms with Gasteiger partial charge in [0.05, 0.1) is 46.6 Å². The van der Waals surface area contributed by atoms with Gasteiger partial charge in [0.2, 0.25) is 6.08 Å². The fourth-order valence-corrected chi connectivity index (χ4v) is 2.96. The van der Waals surface area contributed by atoms with Crippen LogP contribution in [-0.4, -0.2) is 62.3 Å². The first-order valence-electron chi connectivity index (χ1n) is 9.80. The smallest absolute Gasteiger partial charge is 0.365 e. The number of tetrazole rings is 1. The Morgan fingerprint density at radius 1 is 0.973 bits per heavy atom. The van der Waals surface area contributed by atoms with Crippen LogP contribution in [0.3, 0.4) is 0 Å². The molecule has 3 rings (SSSR count). The average Bonchev–Trinajstić information content (AvgIpc) is 3.30. The van der Waals surface area contributed by atoms with Crippen molar-refractivity contribution in [2.75, 3.05) is 14.2 Å². The summed E-state index contributed by atoms with van der Waals surface area (Å²) in [5, 5.41) is 30.4. The van der Waals surface area contributed by atoms with Crippen LogP contribution in [0.15, 0.2) is 34.1 Å². The number of H-pyrrole nitrogens is 1. The molecule has 2 aromatic carbocycles. The number of methoxy groups -OCH3 is 2. The second-order valence-electron chi connectivity index (χ2n) is 6.89. The number of benzene rings is 2. The zero-order valence-electron chi connectivity index (χ0n) is 19.6. The number of isocyanates is 1. The van der Waals surface area contributed by atoms with Gasteiger partial charge in [0.1, 0.15) is 0 Å². The Kier molecular flexibility index (Phi) is 8.76. The molecule has 0 amide bonds. The second kappa shape index (κ2) is 11.7. The van der Waals surface area contributed by atoms with E-state index >= 15 is 0 Å². The van der Waals surface area contributed by atoms with Crippen LogP contribution < -0.4 is 5.69 Å². The molecule has 192 valence electrons. The maximum atomic E-state index is 11.6. The van der Waals surface area contributed by atoms with Crippen molar-refractivity contribution in [1.29, 1.82) is 0 Å². The quantitative estimate of drug-likeness (QED) is 0.162. The summed E-state index contributed by atoms with van der Waals surface area (Å²) >= 11 is 0. The maximum absolute atomic E-state index is 11.6. The molecule has 17 nitrogen and oxygen atoms in total. The van der Waals surface area contributed by atoms with E-state index in [1.165, 1.54) is 19.9 Å². The van der Waals surface area contributed by atoms with Gasteiger partial charge in [0.25, 0.3) is 11.4 Å². The fourth-order valence-electron chi connectivity index (χ4n) is 2.96. The molecule has 0 unspecified atom stereocenters. The predicted molar refractivity (Wildman–Crippen MR) is 122 cm³/mol. The zero-order valence-corrected chi connectivity index (χ0v) is 19.6. The number of nitrogens with one attached hydrogen (secondary N) is 1. The van der Waals surface area contributed by atoms with Gasteiger partial charge in [-0.1, -0.05) is 0 Å². The number of rotatable bonds is 6. The summed E-state index contributed by atoms with van der Waals surface area (Å²) in [6, 6.07) is 4.37. The number of non-ortho nitro benzene ring substituents is 2. The summed E-state index contributed by atoms with van der Waals surface area (Å²) in [7, 11) is 2.31. The van der Waals surface area contributed by atoms with E-state index in [1.807, 2.05) is 0 Å². The molecule has 0 aliphatic carbocycles. The molecule has 1 N–H and O–H groups in total. The SMILES string of the molecule is COC(=O)c1cc([N+](=O)[O-])cc(-n2nn[nH]c2=O)c1C.COC(=O)c1cc([N+](=O)[O-])cc(N=C=O)c1C. The first-order valence-corrected chi connectivity index (χ1v) is 9.80. The van der Waals surface area contributed by atoms with Crippen molar-refractivity contribution < 1.29 is 33.7 Å². The molecule has 0 radical (unpaired) electrons. The Balaban J connectivity index is 0.000000264. The molecule has 1 heterocycles. The van der Waals surface area contributed by atoms with E-state index in [4.69, 9.17) is 0 Å².